The second-order valence-corrected chi connectivity index (χ2v) is 2.51. The molecule has 0 bridgehead atoms. The Morgan fingerprint density at radius 2 is 2.20 bits per heavy atom. The van der Waals surface area contributed by atoms with Crippen LogP contribution in [0.4, 0.5) is 4.39 Å². The van der Waals surface area contributed by atoms with Crippen molar-refractivity contribution in [3.05, 3.63) is 10.7 Å². The lowest BCUT2D eigenvalue weighted by Crippen LogP contribution is -2.27. The Hall–Kier alpha value is -0.570. The minimum absolute atomic E-state index is 0.508. The summed E-state index contributed by atoms with van der Waals surface area (Å²) in [4.78, 5) is 3.56. The molecule has 1 aliphatic heterocycles. The molecule has 56 valence electrons. The van der Waals surface area contributed by atoms with Gasteiger partial charge in [-0.3, -0.25) is 0 Å². The van der Waals surface area contributed by atoms with Crippen molar-refractivity contribution < 1.29 is 4.39 Å². The zero-order valence-electron chi connectivity index (χ0n) is 5.78. The minimum Gasteiger partial charge on any atom is -0.340 e. The Kier molecular flexibility index (Phi) is 1.94. The van der Waals surface area contributed by atoms with Gasteiger partial charge in [0.1, 0.15) is 0 Å². The molecule has 0 fully saturated rings. The highest BCUT2D eigenvalue weighted by Crippen LogP contribution is 2.15. The lowest BCUT2D eigenvalue weighted by molar-refractivity contribution is 0.304. The molecule has 0 aromatic carbocycles. The average Bonchev–Trinajstić information content (AvgIpc) is 1.82. The zero-order chi connectivity index (χ0) is 7.72. The average molecular weight is 163 g/mol. The Morgan fingerprint density at radius 1 is 1.60 bits per heavy atom. The molecule has 0 aromatic heterocycles. The van der Waals surface area contributed by atoms with Gasteiger partial charge < -0.3 is 5.32 Å². The quantitative estimate of drug-likeness (QED) is 0.540. The smallest absolute Gasteiger partial charge is 0.264 e. The molecule has 1 atom stereocenters. The van der Waals surface area contributed by atoms with Crippen LogP contribution in [0.2, 0.25) is 0 Å². The van der Waals surface area contributed by atoms with Crippen LogP contribution in [0, 0.1) is 0 Å². The normalized spacial score (nSPS) is 26.0. The summed E-state index contributed by atoms with van der Waals surface area (Å²) in [6.07, 6.45) is -1.33. The predicted molar refractivity (Wildman–Crippen MR) is 39.7 cm³/mol. The summed E-state index contributed by atoms with van der Waals surface area (Å²) in [7, 11) is 0. The first-order chi connectivity index (χ1) is 4.61. The second kappa shape index (κ2) is 2.58. The lowest BCUT2D eigenvalue weighted by atomic mass is 10.3. The standard InChI is InChI=1S/C6H8ClFN2/c1-3-5(7)4(2)10-6(8)9-3/h6,9H,1-2H3. The molecule has 1 unspecified atom stereocenters. The number of halogens is 2. The molecule has 0 aromatic rings. The first-order valence-electron chi connectivity index (χ1n) is 2.93. The van der Waals surface area contributed by atoms with Crippen LogP contribution in [0.25, 0.3) is 0 Å². The van der Waals surface area contributed by atoms with Gasteiger partial charge in [0.2, 0.25) is 0 Å². The van der Waals surface area contributed by atoms with Gasteiger partial charge in [0.15, 0.2) is 0 Å². The van der Waals surface area contributed by atoms with E-state index < -0.39 is 6.42 Å². The largest absolute Gasteiger partial charge is 0.340 e. The summed E-state index contributed by atoms with van der Waals surface area (Å²) in [6.45, 7) is 3.40. The first-order valence-corrected chi connectivity index (χ1v) is 3.31. The fraction of sp³-hybridized carbons (Fsp3) is 0.500. The SMILES string of the molecule is CC1=NC(F)NC(C)=C1Cl. The molecular formula is C6H8ClFN2. The number of nitrogens with one attached hydrogen (secondary N) is 1. The van der Waals surface area contributed by atoms with Gasteiger partial charge in [-0.25, -0.2) is 4.99 Å². The Morgan fingerprint density at radius 3 is 2.70 bits per heavy atom. The molecule has 10 heavy (non-hydrogen) atoms. The number of nitrogens with zero attached hydrogens (tertiary/aromatic N) is 1. The van der Waals surface area contributed by atoms with Gasteiger partial charge in [0.05, 0.1) is 10.7 Å². The molecule has 1 aliphatic rings. The molecule has 1 heterocycles. The van der Waals surface area contributed by atoms with Gasteiger partial charge in [-0.1, -0.05) is 11.6 Å². The van der Waals surface area contributed by atoms with E-state index in [4.69, 9.17) is 11.6 Å². The number of hydrogen-bond donors (Lipinski definition) is 1. The fourth-order valence-corrected chi connectivity index (χ4v) is 0.876. The molecule has 1 rings (SSSR count). The van der Waals surface area contributed by atoms with Gasteiger partial charge in [-0.05, 0) is 13.8 Å². The summed E-state index contributed by atoms with van der Waals surface area (Å²) in [5.41, 5.74) is 1.19. The van der Waals surface area contributed by atoms with Crippen LogP contribution in [-0.2, 0) is 0 Å². The first kappa shape index (κ1) is 7.54. The highest BCUT2D eigenvalue weighted by atomic mass is 35.5. The molecular weight excluding hydrogens is 155 g/mol. The highest BCUT2D eigenvalue weighted by molar-refractivity contribution is 6.43. The molecule has 0 amide bonds. The third-order valence-electron chi connectivity index (χ3n) is 1.29. The van der Waals surface area contributed by atoms with Gasteiger partial charge in [-0.15, -0.1) is 0 Å². The van der Waals surface area contributed by atoms with Crippen molar-refractivity contribution in [2.24, 2.45) is 4.99 Å². The van der Waals surface area contributed by atoms with Crippen LogP contribution in [0.15, 0.2) is 15.7 Å². The predicted octanol–water partition coefficient (Wildman–Crippen LogP) is 1.77. The van der Waals surface area contributed by atoms with Crippen LogP contribution in [0.1, 0.15) is 13.8 Å². The maximum atomic E-state index is 12.5. The van der Waals surface area contributed by atoms with Crippen molar-refractivity contribution in [2.45, 2.75) is 20.3 Å². The van der Waals surface area contributed by atoms with E-state index in [0.29, 0.717) is 16.4 Å². The van der Waals surface area contributed by atoms with Gasteiger partial charge >= 0.3 is 0 Å². The topological polar surface area (TPSA) is 24.4 Å². The van der Waals surface area contributed by atoms with E-state index in [9.17, 15) is 4.39 Å². The van der Waals surface area contributed by atoms with E-state index in [1.54, 1.807) is 13.8 Å². The third kappa shape index (κ3) is 1.29. The summed E-state index contributed by atoms with van der Waals surface area (Å²) in [5.74, 6) is 0. The van der Waals surface area contributed by atoms with Crippen molar-refractivity contribution in [3.8, 4) is 0 Å². The second-order valence-electron chi connectivity index (χ2n) is 2.13. The molecule has 0 spiro atoms. The minimum atomic E-state index is -1.33. The zero-order valence-corrected chi connectivity index (χ0v) is 6.54. The number of rotatable bonds is 0. The number of aliphatic imine (C=N–C) groups is 1. The monoisotopic (exact) mass is 162 g/mol. The van der Waals surface area contributed by atoms with E-state index in [0.717, 1.165) is 0 Å². The van der Waals surface area contributed by atoms with E-state index in [2.05, 4.69) is 10.3 Å². The number of allylic oxidation sites excluding steroid dienone is 2. The summed E-state index contributed by atoms with van der Waals surface area (Å²) >= 11 is 5.70. The van der Waals surface area contributed by atoms with Crippen LogP contribution in [0.3, 0.4) is 0 Å². The van der Waals surface area contributed by atoms with Crippen molar-refractivity contribution in [3.63, 3.8) is 0 Å². The van der Waals surface area contributed by atoms with Crippen molar-refractivity contribution in [1.29, 1.82) is 0 Å². The highest BCUT2D eigenvalue weighted by Gasteiger charge is 2.14. The van der Waals surface area contributed by atoms with Gasteiger partial charge in [0.25, 0.3) is 6.42 Å². The van der Waals surface area contributed by atoms with E-state index in [1.165, 1.54) is 0 Å². The van der Waals surface area contributed by atoms with E-state index >= 15 is 0 Å². The van der Waals surface area contributed by atoms with Crippen molar-refractivity contribution >= 4 is 17.3 Å². The summed E-state index contributed by atoms with van der Waals surface area (Å²) in [6, 6.07) is 0. The molecule has 4 heteroatoms. The van der Waals surface area contributed by atoms with Crippen LogP contribution in [-0.4, -0.2) is 12.1 Å². The Labute approximate surface area is 63.8 Å². The molecule has 2 nitrogen and oxygen atoms in total. The maximum Gasteiger partial charge on any atom is 0.264 e. The van der Waals surface area contributed by atoms with Crippen molar-refractivity contribution in [2.75, 3.05) is 0 Å². The summed E-state index contributed by atoms with van der Waals surface area (Å²) < 4.78 is 12.5. The molecule has 0 saturated heterocycles. The van der Waals surface area contributed by atoms with E-state index in [1.807, 2.05) is 0 Å². The number of hydrogen-bond acceptors (Lipinski definition) is 2. The van der Waals surface area contributed by atoms with Crippen molar-refractivity contribution in [1.82, 2.24) is 5.32 Å². The number of alkyl halides is 1. The van der Waals surface area contributed by atoms with E-state index in [-0.39, 0.29) is 0 Å². The van der Waals surface area contributed by atoms with Gasteiger partial charge in [-0.2, -0.15) is 4.39 Å². The fourth-order valence-electron chi connectivity index (χ4n) is 0.772. The molecule has 1 N–H and O–H groups in total. The van der Waals surface area contributed by atoms with Crippen LogP contribution >= 0.6 is 11.6 Å². The van der Waals surface area contributed by atoms with Crippen LogP contribution in [0.5, 0.6) is 0 Å². The maximum absolute atomic E-state index is 12.5. The third-order valence-corrected chi connectivity index (χ3v) is 1.85. The molecule has 0 saturated carbocycles. The molecule has 0 radical (unpaired) electrons. The molecule has 0 aliphatic carbocycles. The Bertz CT molecular complexity index is 210. The van der Waals surface area contributed by atoms with Crippen LogP contribution < -0.4 is 5.32 Å². The van der Waals surface area contributed by atoms with Gasteiger partial charge in [0, 0.05) is 5.70 Å². The lowest BCUT2D eigenvalue weighted by Gasteiger charge is -2.16. The Balaban J connectivity index is 2.90. The summed E-state index contributed by atoms with van der Waals surface area (Å²) in [5, 5.41) is 2.96.